The number of hydrogen-bond donors (Lipinski definition) is 1. The van der Waals surface area contributed by atoms with Crippen LogP contribution in [0.25, 0.3) is 0 Å². The lowest BCUT2D eigenvalue weighted by Crippen LogP contribution is -2.41. The van der Waals surface area contributed by atoms with E-state index in [-0.39, 0.29) is 0 Å². The third-order valence-electron chi connectivity index (χ3n) is 3.27. The highest BCUT2D eigenvalue weighted by Crippen LogP contribution is 2.25. The number of benzene rings is 1. The number of nitrogens with zero attached hydrogens (tertiary/aromatic N) is 1. The minimum atomic E-state index is -3.50. The zero-order valence-electron chi connectivity index (χ0n) is 11.5. The third kappa shape index (κ3) is 3.12. The molecule has 0 atom stereocenters. The second-order valence-electron chi connectivity index (χ2n) is 4.53. The summed E-state index contributed by atoms with van der Waals surface area (Å²) in [5, 5.41) is 0. The smallest absolute Gasteiger partial charge is 0.243 e. The molecule has 1 fully saturated rings. The molecule has 1 aliphatic heterocycles. The minimum Gasteiger partial charge on any atom is -0.497 e. The van der Waals surface area contributed by atoms with Crippen molar-refractivity contribution in [2.45, 2.75) is 11.3 Å². The molecule has 0 radical (unpaired) electrons. The van der Waals surface area contributed by atoms with E-state index < -0.39 is 10.0 Å². The quantitative estimate of drug-likeness (QED) is 0.841. The summed E-state index contributed by atoms with van der Waals surface area (Å²) < 4.78 is 37.1. The third-order valence-corrected chi connectivity index (χ3v) is 5.27. The summed E-state index contributed by atoms with van der Waals surface area (Å²) in [7, 11) is -1.94. The number of methoxy groups -OCH3 is 1. The van der Waals surface area contributed by atoms with Gasteiger partial charge < -0.3 is 15.2 Å². The fourth-order valence-electron chi connectivity index (χ4n) is 2.21. The zero-order valence-corrected chi connectivity index (χ0v) is 12.4. The number of morpholine rings is 1. The van der Waals surface area contributed by atoms with Gasteiger partial charge in [0.15, 0.2) is 0 Å². The van der Waals surface area contributed by atoms with Crippen LogP contribution in [0.3, 0.4) is 0 Å². The Morgan fingerprint density at radius 1 is 1.35 bits per heavy atom. The molecule has 0 aromatic heterocycles. The number of ether oxygens (including phenoxy) is 2. The first-order valence-electron chi connectivity index (χ1n) is 6.54. The number of hydrogen-bond acceptors (Lipinski definition) is 5. The van der Waals surface area contributed by atoms with Crippen LogP contribution in [0.2, 0.25) is 0 Å². The largest absolute Gasteiger partial charge is 0.497 e. The lowest BCUT2D eigenvalue weighted by molar-refractivity contribution is 0.0730. The van der Waals surface area contributed by atoms with Gasteiger partial charge in [-0.05, 0) is 36.7 Å². The highest BCUT2D eigenvalue weighted by molar-refractivity contribution is 7.89. The van der Waals surface area contributed by atoms with Gasteiger partial charge in [-0.3, -0.25) is 0 Å². The first-order chi connectivity index (χ1) is 9.59. The van der Waals surface area contributed by atoms with Crippen molar-refractivity contribution in [1.82, 2.24) is 4.31 Å². The SMILES string of the molecule is COc1ccc(S(=O)(=O)N2CCOCC2)c(CCN)c1. The number of rotatable bonds is 5. The average Bonchev–Trinajstić information content (AvgIpc) is 2.48. The molecule has 0 aliphatic carbocycles. The lowest BCUT2D eigenvalue weighted by atomic mass is 10.1. The van der Waals surface area contributed by atoms with Crippen LogP contribution in [0.5, 0.6) is 5.75 Å². The first-order valence-corrected chi connectivity index (χ1v) is 7.98. The van der Waals surface area contributed by atoms with Crippen molar-refractivity contribution in [2.75, 3.05) is 40.0 Å². The Hall–Kier alpha value is -1.15. The van der Waals surface area contributed by atoms with Crippen molar-refractivity contribution < 1.29 is 17.9 Å². The van der Waals surface area contributed by atoms with E-state index in [1.165, 1.54) is 4.31 Å². The van der Waals surface area contributed by atoms with Crippen molar-refractivity contribution >= 4 is 10.0 Å². The van der Waals surface area contributed by atoms with Gasteiger partial charge in [-0.15, -0.1) is 0 Å². The van der Waals surface area contributed by atoms with Crippen LogP contribution in [-0.2, 0) is 21.2 Å². The maximum atomic E-state index is 12.7. The molecule has 0 amide bonds. The van der Waals surface area contributed by atoms with Crippen molar-refractivity contribution in [3.8, 4) is 5.75 Å². The van der Waals surface area contributed by atoms with E-state index in [1.54, 1.807) is 25.3 Å². The Balaban J connectivity index is 2.39. The number of nitrogens with two attached hydrogens (primary N) is 1. The summed E-state index contributed by atoms with van der Waals surface area (Å²) in [6, 6.07) is 4.99. The molecule has 0 bridgehead atoms. The Kier molecular flexibility index (Phi) is 4.98. The van der Waals surface area contributed by atoms with Crippen molar-refractivity contribution in [3.05, 3.63) is 23.8 Å². The molecule has 1 aromatic rings. The maximum Gasteiger partial charge on any atom is 0.243 e. The van der Waals surface area contributed by atoms with Crippen molar-refractivity contribution in [3.63, 3.8) is 0 Å². The summed E-state index contributed by atoms with van der Waals surface area (Å²) in [6.45, 7) is 2.02. The van der Waals surface area contributed by atoms with Gasteiger partial charge in [0.1, 0.15) is 5.75 Å². The standard InChI is InChI=1S/C13H20N2O4S/c1-18-12-2-3-13(11(10-12)4-5-14)20(16,17)15-6-8-19-9-7-15/h2-3,10H,4-9,14H2,1H3. The van der Waals surface area contributed by atoms with Gasteiger partial charge in [0.05, 0.1) is 25.2 Å². The van der Waals surface area contributed by atoms with Gasteiger partial charge in [0, 0.05) is 13.1 Å². The van der Waals surface area contributed by atoms with Crippen LogP contribution in [0.4, 0.5) is 0 Å². The van der Waals surface area contributed by atoms with Crippen LogP contribution >= 0.6 is 0 Å². The van der Waals surface area contributed by atoms with Crippen molar-refractivity contribution in [2.24, 2.45) is 5.73 Å². The Labute approximate surface area is 119 Å². The summed E-state index contributed by atoms with van der Waals surface area (Å²) in [5.41, 5.74) is 6.27. The van der Waals surface area contributed by atoms with Crippen molar-refractivity contribution in [1.29, 1.82) is 0 Å². The molecule has 0 spiro atoms. The van der Waals surface area contributed by atoms with Crippen LogP contribution in [0.15, 0.2) is 23.1 Å². The Morgan fingerprint density at radius 2 is 2.05 bits per heavy atom. The van der Waals surface area contributed by atoms with Gasteiger partial charge >= 0.3 is 0 Å². The van der Waals surface area contributed by atoms with Gasteiger partial charge in [-0.25, -0.2) is 8.42 Å². The van der Waals surface area contributed by atoms with E-state index in [4.69, 9.17) is 15.2 Å². The molecule has 0 unspecified atom stereocenters. The number of sulfonamides is 1. The molecular formula is C13H20N2O4S. The van der Waals surface area contributed by atoms with E-state index in [9.17, 15) is 8.42 Å². The maximum absolute atomic E-state index is 12.7. The van der Waals surface area contributed by atoms with E-state index in [0.717, 1.165) is 0 Å². The first kappa shape index (κ1) is 15.2. The molecule has 20 heavy (non-hydrogen) atoms. The average molecular weight is 300 g/mol. The zero-order chi connectivity index (χ0) is 14.6. The highest BCUT2D eigenvalue weighted by atomic mass is 32.2. The van der Waals surface area contributed by atoms with E-state index in [0.29, 0.717) is 55.5 Å². The van der Waals surface area contributed by atoms with Crippen LogP contribution < -0.4 is 10.5 Å². The normalized spacial score (nSPS) is 17.1. The molecule has 0 saturated carbocycles. The molecule has 6 nitrogen and oxygen atoms in total. The summed E-state index contributed by atoms with van der Waals surface area (Å²) in [5.74, 6) is 0.634. The predicted molar refractivity (Wildman–Crippen MR) is 75.3 cm³/mol. The van der Waals surface area contributed by atoms with E-state index in [1.807, 2.05) is 0 Å². The summed E-state index contributed by atoms with van der Waals surface area (Å²) in [4.78, 5) is 0.311. The molecule has 2 N–H and O–H groups in total. The minimum absolute atomic E-state index is 0.311. The van der Waals surface area contributed by atoms with E-state index >= 15 is 0 Å². The summed E-state index contributed by atoms with van der Waals surface area (Å²) >= 11 is 0. The van der Waals surface area contributed by atoms with Gasteiger partial charge in [-0.2, -0.15) is 4.31 Å². The van der Waals surface area contributed by atoms with E-state index in [2.05, 4.69) is 0 Å². The molecule has 1 saturated heterocycles. The Morgan fingerprint density at radius 3 is 2.65 bits per heavy atom. The predicted octanol–water partition coefficient (Wildman–Crippen LogP) is 0.217. The van der Waals surface area contributed by atoms with Gasteiger partial charge in [-0.1, -0.05) is 0 Å². The molecule has 2 rings (SSSR count). The van der Waals surface area contributed by atoms with Gasteiger partial charge in [0.25, 0.3) is 0 Å². The second-order valence-corrected chi connectivity index (χ2v) is 6.44. The highest BCUT2D eigenvalue weighted by Gasteiger charge is 2.28. The lowest BCUT2D eigenvalue weighted by Gasteiger charge is -2.27. The van der Waals surface area contributed by atoms with Crippen LogP contribution in [0, 0.1) is 0 Å². The van der Waals surface area contributed by atoms with Crippen LogP contribution in [-0.4, -0.2) is 52.7 Å². The molecular weight excluding hydrogens is 280 g/mol. The monoisotopic (exact) mass is 300 g/mol. The Bertz CT molecular complexity index is 553. The molecule has 7 heteroatoms. The van der Waals surface area contributed by atoms with Gasteiger partial charge in [0.2, 0.25) is 10.0 Å². The topological polar surface area (TPSA) is 81.9 Å². The second kappa shape index (κ2) is 6.53. The molecule has 112 valence electrons. The fraction of sp³-hybridized carbons (Fsp3) is 0.538. The fourth-order valence-corrected chi connectivity index (χ4v) is 3.85. The van der Waals surface area contributed by atoms with Crippen LogP contribution in [0.1, 0.15) is 5.56 Å². The summed E-state index contributed by atoms with van der Waals surface area (Å²) in [6.07, 6.45) is 0.496. The molecule has 1 aromatic carbocycles. The molecule has 1 heterocycles. The molecule has 1 aliphatic rings.